The predicted octanol–water partition coefficient (Wildman–Crippen LogP) is 7.91. The number of benzene rings is 1. The molecule has 2 heterocycles. The first kappa shape index (κ1) is 36.9. The van der Waals surface area contributed by atoms with Gasteiger partial charge in [0.2, 0.25) is 0 Å². The first-order chi connectivity index (χ1) is 23.6. The maximum absolute atomic E-state index is 14.6. The quantitative estimate of drug-likeness (QED) is 0.247. The van der Waals surface area contributed by atoms with Crippen LogP contribution in [-0.4, -0.2) is 51.6 Å². The molecule has 4 bridgehead atoms. The number of rotatable bonds is 9. The molecule has 51 heavy (non-hydrogen) atoms. The van der Waals surface area contributed by atoms with Crippen LogP contribution in [0.1, 0.15) is 121 Å². The topological polar surface area (TPSA) is 85.8 Å². The van der Waals surface area contributed by atoms with E-state index in [2.05, 4.69) is 83.1 Å². The lowest BCUT2D eigenvalue weighted by Gasteiger charge is -2.43. The Morgan fingerprint density at radius 1 is 0.647 bits per heavy atom. The zero-order valence-corrected chi connectivity index (χ0v) is 33.2. The fourth-order valence-electron chi connectivity index (χ4n) is 10.6. The molecule has 1 aromatic heterocycles. The van der Waals surface area contributed by atoms with Crippen molar-refractivity contribution in [2.75, 3.05) is 13.2 Å². The molecule has 0 spiro atoms. The lowest BCUT2D eigenvalue weighted by molar-refractivity contribution is -0.185. The van der Waals surface area contributed by atoms with Crippen LogP contribution in [0, 0.1) is 44.3 Å². The normalized spacial score (nSPS) is 37.7. The van der Waals surface area contributed by atoms with Crippen molar-refractivity contribution in [1.82, 2.24) is 13.9 Å². The van der Waals surface area contributed by atoms with Gasteiger partial charge in [-0.25, -0.2) is 14.2 Å². The van der Waals surface area contributed by atoms with Crippen molar-refractivity contribution in [3.8, 4) is 5.69 Å². The van der Waals surface area contributed by atoms with Gasteiger partial charge in [0.05, 0.1) is 43.3 Å². The summed E-state index contributed by atoms with van der Waals surface area (Å²) in [7, 11) is 0. The van der Waals surface area contributed by atoms with Gasteiger partial charge in [0.15, 0.2) is 12.5 Å². The van der Waals surface area contributed by atoms with Gasteiger partial charge in [-0.2, -0.15) is 9.36 Å². The molecular formula is C42H63N3O6. The number of aromatic nitrogens is 3. The minimum absolute atomic E-state index is 0.00357. The molecule has 9 heteroatoms. The van der Waals surface area contributed by atoms with Crippen molar-refractivity contribution in [3.05, 3.63) is 63.5 Å². The van der Waals surface area contributed by atoms with E-state index in [1.54, 1.807) is 12.1 Å². The molecule has 7 rings (SSSR count). The summed E-state index contributed by atoms with van der Waals surface area (Å²) >= 11 is 0. The fourth-order valence-corrected chi connectivity index (χ4v) is 10.6. The van der Waals surface area contributed by atoms with E-state index < -0.39 is 23.8 Å². The average molecular weight is 706 g/mol. The summed E-state index contributed by atoms with van der Waals surface area (Å²) in [6.07, 6.45) is 5.66. The van der Waals surface area contributed by atoms with Crippen LogP contribution in [0.25, 0.3) is 5.69 Å². The van der Waals surface area contributed by atoms with Crippen LogP contribution >= 0.6 is 0 Å². The second-order valence-electron chi connectivity index (χ2n) is 20.4. The van der Waals surface area contributed by atoms with Crippen molar-refractivity contribution >= 4 is 0 Å². The molecule has 0 radical (unpaired) electrons. The second kappa shape index (κ2) is 12.0. The molecule has 2 aromatic rings. The molecule has 0 N–H and O–H groups in total. The molecule has 10 atom stereocenters. The highest BCUT2D eigenvalue weighted by Gasteiger charge is 2.69. The van der Waals surface area contributed by atoms with Crippen LogP contribution in [0.2, 0.25) is 0 Å². The second-order valence-corrected chi connectivity index (χ2v) is 20.4. The van der Waals surface area contributed by atoms with Gasteiger partial charge in [0.1, 0.15) is 0 Å². The Morgan fingerprint density at radius 3 is 1.41 bits per heavy atom. The Hall–Kier alpha value is -2.46. The number of fused-ring (bicyclic) bond motifs is 5. The number of hydrogen-bond acceptors (Lipinski definition) is 6. The molecule has 5 aliphatic rings. The zero-order chi connectivity index (χ0) is 37.1. The Balaban J connectivity index is 1.29. The van der Waals surface area contributed by atoms with Crippen molar-refractivity contribution < 1.29 is 18.9 Å². The Kier molecular flexibility index (Phi) is 8.70. The fraction of sp³-hybridized carbons (Fsp3) is 0.762. The molecule has 4 fully saturated rings. The highest BCUT2D eigenvalue weighted by Crippen LogP contribution is 2.69. The molecule has 4 aliphatic carbocycles. The summed E-state index contributed by atoms with van der Waals surface area (Å²) in [4.78, 5) is 29.1. The van der Waals surface area contributed by atoms with Crippen LogP contribution in [0.5, 0.6) is 0 Å². The third-order valence-electron chi connectivity index (χ3n) is 14.3. The summed E-state index contributed by atoms with van der Waals surface area (Å²) in [5.74, 6) is 0.663. The van der Waals surface area contributed by atoms with Crippen molar-refractivity contribution in [2.24, 2.45) is 44.3 Å². The molecule has 1 aliphatic heterocycles. The number of para-hydroxylation sites is 1. The van der Waals surface area contributed by atoms with Gasteiger partial charge in [-0.15, -0.1) is 0 Å². The van der Waals surface area contributed by atoms with Crippen molar-refractivity contribution in [1.29, 1.82) is 0 Å². The van der Waals surface area contributed by atoms with Crippen LogP contribution in [0.4, 0.5) is 0 Å². The van der Waals surface area contributed by atoms with Crippen LogP contribution in [-0.2, 0) is 18.9 Å². The van der Waals surface area contributed by atoms with E-state index in [4.69, 9.17) is 18.9 Å². The molecule has 4 saturated carbocycles. The summed E-state index contributed by atoms with van der Waals surface area (Å²) in [6, 6.07) is 9.15. The van der Waals surface area contributed by atoms with E-state index in [1.165, 1.54) is 13.9 Å². The first-order valence-corrected chi connectivity index (χ1v) is 19.4. The third kappa shape index (κ3) is 5.61. The van der Waals surface area contributed by atoms with E-state index in [9.17, 15) is 9.59 Å². The van der Waals surface area contributed by atoms with Gasteiger partial charge in [-0.1, -0.05) is 101 Å². The summed E-state index contributed by atoms with van der Waals surface area (Å²) in [5, 5.41) is 0. The monoisotopic (exact) mass is 705 g/mol. The van der Waals surface area contributed by atoms with E-state index in [0.717, 1.165) is 25.7 Å². The minimum Gasteiger partial charge on any atom is -0.375 e. The highest BCUT2D eigenvalue weighted by molar-refractivity contribution is 5.31. The van der Waals surface area contributed by atoms with Crippen LogP contribution in [0.15, 0.2) is 52.1 Å². The predicted molar refractivity (Wildman–Crippen MR) is 199 cm³/mol. The van der Waals surface area contributed by atoms with Crippen molar-refractivity contribution in [2.45, 2.75) is 146 Å². The molecule has 0 amide bonds. The zero-order valence-electron chi connectivity index (χ0n) is 33.2. The minimum atomic E-state index is -0.812. The Morgan fingerprint density at radius 2 is 1.04 bits per heavy atom. The number of nitrogens with zero attached hydrogens (tertiary/aromatic N) is 3. The van der Waals surface area contributed by atoms with Gasteiger partial charge >= 0.3 is 11.4 Å². The standard InChI is InChI=1S/C42H63N3O6/c1-37(2,3)24-48-31-27-20-22-41(11,39(27,7)8)33(31)50-29-18-19-30(45-36(47)43(35(46)44(29)45)26-16-14-13-15-17-26)51-34-32(49-25-38(4,5)6)28-21-23-42(34,12)40(28,9)10/h13-19,27-34H,20-25H2,1-12H3/t27-,28-,29?,30?,31?,32?,33?,34?,41-,42-/m0/s1. The van der Waals surface area contributed by atoms with E-state index in [1.807, 2.05) is 30.4 Å². The third-order valence-corrected chi connectivity index (χ3v) is 14.3. The van der Waals surface area contributed by atoms with Crippen LogP contribution < -0.4 is 11.4 Å². The first-order valence-electron chi connectivity index (χ1n) is 19.4. The Labute approximate surface area is 304 Å². The maximum Gasteiger partial charge on any atom is 0.354 e. The molecule has 9 nitrogen and oxygen atoms in total. The maximum atomic E-state index is 14.6. The summed E-state index contributed by atoms with van der Waals surface area (Å²) in [6.45, 7) is 28.3. The molecular weight excluding hydrogens is 642 g/mol. The van der Waals surface area contributed by atoms with Gasteiger partial charge in [0.25, 0.3) is 0 Å². The van der Waals surface area contributed by atoms with Gasteiger partial charge in [-0.3, -0.25) is 0 Å². The van der Waals surface area contributed by atoms with Gasteiger partial charge in [-0.05, 0) is 83.5 Å². The van der Waals surface area contributed by atoms with Crippen molar-refractivity contribution in [3.63, 3.8) is 0 Å². The SMILES string of the molecule is CC(C)(C)COC1C(OC2C=CC(OC3C(OCC(C)(C)C)[C@@H]4CC[C@]3(C)C4(C)C)n3c(=O)n(-c4ccccc4)c(=O)n32)[C@]2(C)CC[C@@H]1C2(C)C. The lowest BCUT2D eigenvalue weighted by atomic mass is 9.70. The molecule has 282 valence electrons. The highest BCUT2D eigenvalue weighted by atomic mass is 16.6. The smallest absolute Gasteiger partial charge is 0.354 e. The molecule has 0 saturated heterocycles. The van der Waals surface area contributed by atoms with E-state index in [0.29, 0.717) is 30.7 Å². The average Bonchev–Trinajstić information content (AvgIpc) is 3.63. The summed E-state index contributed by atoms with van der Waals surface area (Å²) in [5.41, 5.74) is -0.764. The van der Waals surface area contributed by atoms with Crippen LogP contribution in [0.3, 0.4) is 0 Å². The summed E-state index contributed by atoms with van der Waals surface area (Å²) < 4.78 is 32.0. The van der Waals surface area contributed by atoms with E-state index in [-0.39, 0.29) is 56.9 Å². The number of hydrogen-bond donors (Lipinski definition) is 0. The van der Waals surface area contributed by atoms with Gasteiger partial charge in [0, 0.05) is 10.8 Å². The Bertz CT molecular complexity index is 1660. The number of ether oxygens (including phenoxy) is 4. The van der Waals surface area contributed by atoms with Gasteiger partial charge < -0.3 is 18.9 Å². The molecule has 6 unspecified atom stereocenters. The molecule has 1 aromatic carbocycles. The largest absolute Gasteiger partial charge is 0.375 e. The lowest BCUT2D eigenvalue weighted by Crippen LogP contribution is -2.49. The van der Waals surface area contributed by atoms with E-state index >= 15 is 0 Å².